The van der Waals surface area contributed by atoms with E-state index in [0.29, 0.717) is 0 Å². The highest BCUT2D eigenvalue weighted by Gasteiger charge is 2.18. The van der Waals surface area contributed by atoms with E-state index in [4.69, 9.17) is 28.3 Å². The maximum absolute atomic E-state index is 11.0. The molecular formula is C10H5Cl2NO3. The molecule has 1 aromatic heterocycles. The summed E-state index contributed by atoms with van der Waals surface area (Å²) in [5, 5.41) is 19.0. The number of pyridine rings is 1. The first kappa shape index (κ1) is 11.0. The Morgan fingerprint density at radius 3 is 2.50 bits per heavy atom. The van der Waals surface area contributed by atoms with Gasteiger partial charge in [0.05, 0.1) is 21.8 Å². The molecule has 4 nitrogen and oxygen atoms in total. The van der Waals surface area contributed by atoms with Crippen LogP contribution in [0.25, 0.3) is 10.9 Å². The number of carboxylic acids is 1. The zero-order valence-electron chi connectivity index (χ0n) is 7.74. The number of aromatic hydroxyl groups is 1. The first-order valence-electron chi connectivity index (χ1n) is 4.21. The fourth-order valence-corrected chi connectivity index (χ4v) is 1.89. The van der Waals surface area contributed by atoms with Crippen LogP contribution in [0.5, 0.6) is 5.75 Å². The second-order valence-electron chi connectivity index (χ2n) is 3.08. The molecule has 1 aromatic carbocycles. The summed E-state index contributed by atoms with van der Waals surface area (Å²) in [4.78, 5) is 14.9. The van der Waals surface area contributed by atoms with Gasteiger partial charge in [-0.15, -0.1) is 0 Å². The molecule has 1 heterocycles. The standard InChI is InChI=1S/C10H5Cl2NO3/c11-4-1-2-5(12)9-7(4)8(10(15)16)6(14)3-13-9/h1-3,14H,(H,15,16). The third-order valence-electron chi connectivity index (χ3n) is 2.11. The van der Waals surface area contributed by atoms with Crippen LogP contribution in [0, 0.1) is 0 Å². The van der Waals surface area contributed by atoms with E-state index in [9.17, 15) is 9.90 Å². The van der Waals surface area contributed by atoms with E-state index in [1.54, 1.807) is 0 Å². The molecule has 0 atom stereocenters. The predicted molar refractivity (Wildman–Crippen MR) is 60.4 cm³/mol. The van der Waals surface area contributed by atoms with E-state index < -0.39 is 11.7 Å². The van der Waals surface area contributed by atoms with Gasteiger partial charge in [0.2, 0.25) is 0 Å². The quantitative estimate of drug-likeness (QED) is 0.824. The van der Waals surface area contributed by atoms with Gasteiger partial charge in [0.1, 0.15) is 11.3 Å². The number of fused-ring (bicyclic) bond motifs is 1. The fourth-order valence-electron chi connectivity index (χ4n) is 1.44. The smallest absolute Gasteiger partial charge is 0.340 e. The van der Waals surface area contributed by atoms with Crippen LogP contribution in [0.4, 0.5) is 0 Å². The fraction of sp³-hybridized carbons (Fsp3) is 0. The Morgan fingerprint density at radius 1 is 1.25 bits per heavy atom. The Hall–Kier alpha value is -1.52. The van der Waals surface area contributed by atoms with E-state index in [-0.39, 0.29) is 26.5 Å². The van der Waals surface area contributed by atoms with Crippen molar-refractivity contribution in [1.82, 2.24) is 4.98 Å². The van der Waals surface area contributed by atoms with Crippen molar-refractivity contribution in [1.29, 1.82) is 0 Å². The highest BCUT2D eigenvalue weighted by molar-refractivity contribution is 6.41. The van der Waals surface area contributed by atoms with Crippen molar-refractivity contribution < 1.29 is 15.0 Å². The Kier molecular flexibility index (Phi) is 2.61. The van der Waals surface area contributed by atoms with Gasteiger partial charge in [-0.1, -0.05) is 23.2 Å². The largest absolute Gasteiger partial charge is 0.505 e. The normalized spacial score (nSPS) is 10.6. The molecule has 0 saturated carbocycles. The molecule has 0 bridgehead atoms. The van der Waals surface area contributed by atoms with Gasteiger partial charge in [-0.2, -0.15) is 0 Å². The van der Waals surface area contributed by atoms with Crippen molar-refractivity contribution in [3.63, 3.8) is 0 Å². The molecule has 0 radical (unpaired) electrons. The summed E-state index contributed by atoms with van der Waals surface area (Å²) < 4.78 is 0. The second-order valence-corrected chi connectivity index (χ2v) is 3.89. The number of hydrogen-bond donors (Lipinski definition) is 2. The molecule has 16 heavy (non-hydrogen) atoms. The Labute approximate surface area is 100 Å². The monoisotopic (exact) mass is 257 g/mol. The summed E-state index contributed by atoms with van der Waals surface area (Å²) in [7, 11) is 0. The molecule has 0 unspecified atom stereocenters. The molecule has 0 saturated heterocycles. The average Bonchev–Trinajstić information content (AvgIpc) is 2.23. The number of halogens is 2. The topological polar surface area (TPSA) is 70.4 Å². The number of carbonyl (C=O) groups is 1. The first-order chi connectivity index (χ1) is 7.52. The number of hydrogen-bond acceptors (Lipinski definition) is 3. The van der Waals surface area contributed by atoms with Crippen LogP contribution in [0.1, 0.15) is 10.4 Å². The van der Waals surface area contributed by atoms with Gasteiger partial charge in [0.15, 0.2) is 0 Å². The zero-order valence-corrected chi connectivity index (χ0v) is 9.25. The molecular weight excluding hydrogens is 253 g/mol. The molecule has 0 aliphatic rings. The third-order valence-corrected chi connectivity index (χ3v) is 2.73. The summed E-state index contributed by atoms with van der Waals surface area (Å²) >= 11 is 11.7. The lowest BCUT2D eigenvalue weighted by molar-refractivity contribution is 0.0696. The van der Waals surface area contributed by atoms with Gasteiger partial charge in [0.25, 0.3) is 0 Å². The van der Waals surface area contributed by atoms with E-state index >= 15 is 0 Å². The van der Waals surface area contributed by atoms with Gasteiger partial charge in [-0.3, -0.25) is 4.98 Å². The molecule has 6 heteroatoms. The van der Waals surface area contributed by atoms with Crippen LogP contribution in [0.3, 0.4) is 0 Å². The highest BCUT2D eigenvalue weighted by Crippen LogP contribution is 2.34. The molecule has 2 N–H and O–H groups in total. The SMILES string of the molecule is O=C(O)c1c(O)cnc2c(Cl)ccc(Cl)c12. The van der Waals surface area contributed by atoms with E-state index in [1.165, 1.54) is 12.1 Å². The van der Waals surface area contributed by atoms with E-state index in [1.807, 2.05) is 0 Å². The molecule has 0 fully saturated rings. The van der Waals surface area contributed by atoms with Crippen molar-refractivity contribution in [2.75, 3.05) is 0 Å². The molecule has 2 rings (SSSR count). The van der Waals surface area contributed by atoms with Crippen LogP contribution in [-0.2, 0) is 0 Å². The van der Waals surface area contributed by atoms with E-state index in [2.05, 4.69) is 4.98 Å². The molecule has 0 amide bonds. The minimum absolute atomic E-state index is 0.140. The van der Waals surface area contributed by atoms with Crippen LogP contribution in [-0.4, -0.2) is 21.2 Å². The Bertz CT molecular complexity index is 598. The lowest BCUT2D eigenvalue weighted by atomic mass is 10.1. The number of aromatic carboxylic acids is 1. The lowest BCUT2D eigenvalue weighted by Crippen LogP contribution is -2.00. The lowest BCUT2D eigenvalue weighted by Gasteiger charge is -2.07. The minimum atomic E-state index is -1.28. The van der Waals surface area contributed by atoms with Crippen molar-refractivity contribution in [3.05, 3.63) is 33.9 Å². The number of rotatable bonds is 1. The average molecular weight is 258 g/mol. The second kappa shape index (κ2) is 3.81. The van der Waals surface area contributed by atoms with E-state index in [0.717, 1.165) is 6.20 Å². The maximum atomic E-state index is 11.0. The van der Waals surface area contributed by atoms with Crippen molar-refractivity contribution in [2.24, 2.45) is 0 Å². The van der Waals surface area contributed by atoms with Gasteiger partial charge >= 0.3 is 5.97 Å². The summed E-state index contributed by atoms with van der Waals surface area (Å²) in [5.41, 5.74) is -0.0399. The third kappa shape index (κ3) is 1.56. The predicted octanol–water partition coefficient (Wildman–Crippen LogP) is 2.95. The zero-order chi connectivity index (χ0) is 11.9. The van der Waals surface area contributed by atoms with Crippen LogP contribution in [0.2, 0.25) is 10.0 Å². The van der Waals surface area contributed by atoms with Crippen LogP contribution >= 0.6 is 23.2 Å². The minimum Gasteiger partial charge on any atom is -0.505 e. The van der Waals surface area contributed by atoms with Crippen LogP contribution < -0.4 is 0 Å². The molecule has 0 aliphatic heterocycles. The van der Waals surface area contributed by atoms with Crippen LogP contribution in [0.15, 0.2) is 18.3 Å². The Morgan fingerprint density at radius 2 is 1.88 bits per heavy atom. The summed E-state index contributed by atoms with van der Waals surface area (Å²) in [6, 6.07) is 2.97. The van der Waals surface area contributed by atoms with Gasteiger partial charge in [-0.25, -0.2) is 4.79 Å². The van der Waals surface area contributed by atoms with Gasteiger partial charge in [-0.05, 0) is 12.1 Å². The van der Waals surface area contributed by atoms with Crippen molar-refractivity contribution >= 4 is 40.1 Å². The molecule has 2 aromatic rings. The molecule has 0 aliphatic carbocycles. The number of carboxylic acid groups (broad SMARTS) is 1. The summed E-state index contributed by atoms with van der Waals surface area (Å²) in [6.07, 6.45) is 1.04. The number of aromatic nitrogens is 1. The number of benzene rings is 1. The highest BCUT2D eigenvalue weighted by atomic mass is 35.5. The number of nitrogens with zero attached hydrogens (tertiary/aromatic N) is 1. The summed E-state index contributed by atoms with van der Waals surface area (Å²) in [6.45, 7) is 0. The van der Waals surface area contributed by atoms with Gasteiger partial charge in [0, 0.05) is 5.39 Å². The van der Waals surface area contributed by atoms with Crippen molar-refractivity contribution in [2.45, 2.75) is 0 Å². The first-order valence-corrected chi connectivity index (χ1v) is 4.97. The van der Waals surface area contributed by atoms with Gasteiger partial charge < -0.3 is 10.2 Å². The Balaban J connectivity index is 3.02. The summed E-state index contributed by atoms with van der Waals surface area (Å²) in [5.74, 6) is -1.72. The van der Waals surface area contributed by atoms with Crippen molar-refractivity contribution in [3.8, 4) is 5.75 Å². The molecule has 0 spiro atoms. The molecule has 82 valence electrons. The maximum Gasteiger partial charge on any atom is 0.340 e.